The molecule has 0 aliphatic carbocycles. The first-order valence-corrected chi connectivity index (χ1v) is 22.3. The molecule has 294 valence electrons. The number of carboxylic acid groups (broad SMARTS) is 1. The first kappa shape index (κ1) is 48.4. The van der Waals surface area contributed by atoms with Gasteiger partial charge in [0.05, 0.1) is 6.61 Å². The topological polar surface area (TPSA) is 63.6 Å². The SMILES string of the molecule is CCCCC/C=C\C/C=C\CCCCCCCC(=O)OCCCCCCCCCCCCCCCCCCCCCCCCCCCC(=O)O. The van der Waals surface area contributed by atoms with E-state index in [1.54, 1.807) is 0 Å². The van der Waals surface area contributed by atoms with Gasteiger partial charge in [-0.25, -0.2) is 0 Å². The second-order valence-corrected chi connectivity index (χ2v) is 15.2. The number of aliphatic carboxylic acids is 1. The van der Waals surface area contributed by atoms with Gasteiger partial charge in [-0.15, -0.1) is 0 Å². The molecular formula is C46H86O4. The minimum absolute atomic E-state index is 0.00445. The molecule has 0 heterocycles. The number of carboxylic acids is 1. The van der Waals surface area contributed by atoms with Crippen LogP contribution in [0.25, 0.3) is 0 Å². The Morgan fingerprint density at radius 1 is 0.400 bits per heavy atom. The molecule has 0 radical (unpaired) electrons. The van der Waals surface area contributed by atoms with Crippen molar-refractivity contribution >= 4 is 11.9 Å². The van der Waals surface area contributed by atoms with Crippen LogP contribution in [-0.2, 0) is 14.3 Å². The Morgan fingerprint density at radius 3 is 1.10 bits per heavy atom. The lowest BCUT2D eigenvalue weighted by Crippen LogP contribution is -2.05. The minimum atomic E-state index is -0.656. The summed E-state index contributed by atoms with van der Waals surface area (Å²) in [7, 11) is 0. The maximum absolute atomic E-state index is 12.0. The van der Waals surface area contributed by atoms with Crippen LogP contribution in [0.2, 0.25) is 0 Å². The third kappa shape index (κ3) is 44.4. The number of ether oxygens (including phenoxy) is 1. The lowest BCUT2D eigenvalue weighted by molar-refractivity contribution is -0.144. The van der Waals surface area contributed by atoms with Crippen molar-refractivity contribution in [2.75, 3.05) is 6.61 Å². The number of carbonyl (C=O) groups is 2. The van der Waals surface area contributed by atoms with Crippen LogP contribution >= 0.6 is 0 Å². The highest BCUT2D eigenvalue weighted by molar-refractivity contribution is 5.69. The van der Waals surface area contributed by atoms with E-state index in [-0.39, 0.29) is 5.97 Å². The Balaban J connectivity index is 3.18. The minimum Gasteiger partial charge on any atom is -0.481 e. The van der Waals surface area contributed by atoms with Gasteiger partial charge in [0.1, 0.15) is 0 Å². The molecule has 0 atom stereocenters. The molecule has 4 heteroatoms. The van der Waals surface area contributed by atoms with Crippen LogP contribution in [0.3, 0.4) is 0 Å². The largest absolute Gasteiger partial charge is 0.481 e. The molecule has 0 spiro atoms. The number of unbranched alkanes of at least 4 members (excludes halogenated alkanes) is 32. The van der Waals surface area contributed by atoms with E-state index in [0.29, 0.717) is 19.4 Å². The summed E-state index contributed by atoms with van der Waals surface area (Å²) in [4.78, 5) is 22.5. The van der Waals surface area contributed by atoms with Crippen molar-refractivity contribution in [3.05, 3.63) is 24.3 Å². The molecule has 0 aromatic carbocycles. The Bertz CT molecular complexity index is 742. The van der Waals surface area contributed by atoms with E-state index in [1.807, 2.05) is 0 Å². The quantitative estimate of drug-likeness (QED) is 0.0391. The third-order valence-electron chi connectivity index (χ3n) is 10.1. The first-order valence-electron chi connectivity index (χ1n) is 22.3. The lowest BCUT2D eigenvalue weighted by Gasteiger charge is -2.06. The van der Waals surface area contributed by atoms with E-state index < -0.39 is 5.97 Å². The molecule has 0 bridgehead atoms. The summed E-state index contributed by atoms with van der Waals surface area (Å²) < 4.78 is 5.46. The summed E-state index contributed by atoms with van der Waals surface area (Å²) >= 11 is 0. The standard InChI is InChI=1S/C46H86O4/c1-2-3-4-5-6-7-8-9-21-25-28-31-34-37-40-43-46(49)50-44-41-38-35-32-29-26-23-20-18-16-14-12-10-11-13-15-17-19-22-24-27-30-33-36-39-42-45(47)48/h6-7,9,21H,2-5,8,10-20,22-44H2,1H3,(H,47,48)/b7-6-,21-9-. The van der Waals surface area contributed by atoms with Crippen LogP contribution in [-0.4, -0.2) is 23.7 Å². The highest BCUT2D eigenvalue weighted by Crippen LogP contribution is 2.16. The van der Waals surface area contributed by atoms with Gasteiger partial charge in [0, 0.05) is 12.8 Å². The average Bonchev–Trinajstić information content (AvgIpc) is 3.11. The summed E-state index contributed by atoms with van der Waals surface area (Å²) in [6.07, 6.45) is 56.5. The van der Waals surface area contributed by atoms with E-state index >= 15 is 0 Å². The van der Waals surface area contributed by atoms with Crippen molar-refractivity contribution in [3.63, 3.8) is 0 Å². The third-order valence-corrected chi connectivity index (χ3v) is 10.1. The highest BCUT2D eigenvalue weighted by Gasteiger charge is 2.03. The van der Waals surface area contributed by atoms with Gasteiger partial charge in [0.2, 0.25) is 0 Å². The van der Waals surface area contributed by atoms with Crippen LogP contribution in [0, 0.1) is 0 Å². The Hall–Kier alpha value is -1.58. The summed E-state index contributed by atoms with van der Waals surface area (Å²) in [6.45, 7) is 2.86. The van der Waals surface area contributed by atoms with Gasteiger partial charge in [-0.2, -0.15) is 0 Å². The summed E-state index contributed by atoms with van der Waals surface area (Å²) in [5.74, 6) is -0.651. The molecular weight excluding hydrogens is 617 g/mol. The average molecular weight is 703 g/mol. The molecule has 0 saturated heterocycles. The molecule has 50 heavy (non-hydrogen) atoms. The zero-order valence-electron chi connectivity index (χ0n) is 33.6. The van der Waals surface area contributed by atoms with E-state index in [4.69, 9.17) is 9.84 Å². The van der Waals surface area contributed by atoms with E-state index in [2.05, 4.69) is 31.2 Å². The van der Waals surface area contributed by atoms with Gasteiger partial charge in [0.25, 0.3) is 0 Å². The number of carbonyl (C=O) groups excluding carboxylic acids is 1. The molecule has 0 rings (SSSR count). The molecule has 4 nitrogen and oxygen atoms in total. The predicted octanol–water partition coefficient (Wildman–Crippen LogP) is 15.6. The molecule has 0 aliphatic heterocycles. The predicted molar refractivity (Wildman–Crippen MR) is 218 cm³/mol. The van der Waals surface area contributed by atoms with Crippen molar-refractivity contribution in [1.29, 1.82) is 0 Å². The number of esters is 1. The molecule has 0 aliphatic rings. The van der Waals surface area contributed by atoms with Gasteiger partial charge in [-0.05, 0) is 51.4 Å². The van der Waals surface area contributed by atoms with Crippen molar-refractivity contribution in [2.45, 2.75) is 251 Å². The van der Waals surface area contributed by atoms with Gasteiger partial charge < -0.3 is 9.84 Å². The van der Waals surface area contributed by atoms with Crippen LogP contribution < -0.4 is 0 Å². The van der Waals surface area contributed by atoms with E-state index in [9.17, 15) is 9.59 Å². The van der Waals surface area contributed by atoms with Crippen LogP contribution in [0.4, 0.5) is 0 Å². The zero-order valence-corrected chi connectivity index (χ0v) is 33.6. The molecule has 0 unspecified atom stereocenters. The fourth-order valence-electron chi connectivity index (χ4n) is 6.78. The van der Waals surface area contributed by atoms with Crippen molar-refractivity contribution in [3.8, 4) is 0 Å². The van der Waals surface area contributed by atoms with E-state index in [1.165, 1.54) is 193 Å². The highest BCUT2D eigenvalue weighted by atomic mass is 16.5. The fraction of sp³-hybridized carbons (Fsp3) is 0.870. The number of allylic oxidation sites excluding steroid dienone is 4. The fourth-order valence-corrected chi connectivity index (χ4v) is 6.78. The zero-order chi connectivity index (χ0) is 36.3. The summed E-state index contributed by atoms with van der Waals surface area (Å²) in [5.41, 5.74) is 0. The van der Waals surface area contributed by atoms with Gasteiger partial charge >= 0.3 is 11.9 Å². The van der Waals surface area contributed by atoms with Crippen molar-refractivity contribution in [2.24, 2.45) is 0 Å². The Labute approximate surface area is 312 Å². The van der Waals surface area contributed by atoms with Crippen molar-refractivity contribution in [1.82, 2.24) is 0 Å². The first-order chi connectivity index (χ1) is 24.7. The summed E-state index contributed by atoms with van der Waals surface area (Å²) in [5, 5.41) is 8.65. The number of rotatable bonds is 42. The number of hydrogen-bond acceptors (Lipinski definition) is 3. The van der Waals surface area contributed by atoms with Gasteiger partial charge in [-0.3, -0.25) is 9.59 Å². The lowest BCUT2D eigenvalue weighted by atomic mass is 10.0. The summed E-state index contributed by atoms with van der Waals surface area (Å²) in [6, 6.07) is 0. The number of hydrogen-bond donors (Lipinski definition) is 1. The molecule has 0 fully saturated rings. The van der Waals surface area contributed by atoms with Crippen LogP contribution in [0.15, 0.2) is 24.3 Å². The Kier molecular flexibility index (Phi) is 42.2. The van der Waals surface area contributed by atoms with E-state index in [0.717, 1.165) is 38.5 Å². The maximum atomic E-state index is 12.0. The van der Waals surface area contributed by atoms with Crippen LogP contribution in [0.5, 0.6) is 0 Å². The monoisotopic (exact) mass is 703 g/mol. The van der Waals surface area contributed by atoms with Crippen molar-refractivity contribution < 1.29 is 19.4 Å². The second-order valence-electron chi connectivity index (χ2n) is 15.2. The maximum Gasteiger partial charge on any atom is 0.305 e. The normalized spacial score (nSPS) is 11.7. The smallest absolute Gasteiger partial charge is 0.305 e. The van der Waals surface area contributed by atoms with Crippen LogP contribution in [0.1, 0.15) is 251 Å². The van der Waals surface area contributed by atoms with Gasteiger partial charge in [-0.1, -0.05) is 211 Å². The molecule has 0 saturated carbocycles. The molecule has 1 N–H and O–H groups in total. The molecule has 0 aromatic rings. The van der Waals surface area contributed by atoms with Gasteiger partial charge in [0.15, 0.2) is 0 Å². The molecule has 0 aromatic heterocycles. The Morgan fingerprint density at radius 2 is 0.720 bits per heavy atom. The molecule has 0 amide bonds. The second kappa shape index (κ2) is 43.6.